The summed E-state index contributed by atoms with van der Waals surface area (Å²) in [4.78, 5) is 0. The second-order valence-electron chi connectivity index (χ2n) is 6.37. The fourth-order valence-corrected chi connectivity index (χ4v) is 3.02. The van der Waals surface area contributed by atoms with E-state index in [1.165, 1.54) is 43.5 Å². The standard InChI is InChI=1S/C23H17F5O/c1-3-4-5-13-6-7-15-12-17(22(27)23(28)18(15)19(13)24)21(26)20(25)14-8-10-16(29-2)11-9-14/h3,6-12H,1,4-5H2,2H3. The maximum atomic E-state index is 14.7. The molecular formula is C23H17F5O. The Morgan fingerprint density at radius 3 is 2.24 bits per heavy atom. The Hall–Kier alpha value is -3.15. The minimum absolute atomic E-state index is 0.0727. The third-order valence-electron chi connectivity index (χ3n) is 4.59. The van der Waals surface area contributed by atoms with E-state index in [0.29, 0.717) is 12.2 Å². The van der Waals surface area contributed by atoms with Gasteiger partial charge in [0.1, 0.15) is 11.6 Å². The highest BCUT2D eigenvalue weighted by Gasteiger charge is 2.23. The molecule has 0 spiro atoms. The first-order valence-electron chi connectivity index (χ1n) is 8.79. The van der Waals surface area contributed by atoms with Gasteiger partial charge < -0.3 is 4.74 Å². The molecule has 3 aromatic carbocycles. The minimum Gasteiger partial charge on any atom is -0.497 e. The van der Waals surface area contributed by atoms with Crippen molar-refractivity contribution in [3.05, 3.63) is 89.3 Å². The number of rotatable bonds is 6. The summed E-state index contributed by atoms with van der Waals surface area (Å²) in [5.41, 5.74) is -0.903. The molecule has 150 valence electrons. The lowest BCUT2D eigenvalue weighted by atomic mass is 9.99. The van der Waals surface area contributed by atoms with Gasteiger partial charge in [0.05, 0.1) is 18.1 Å². The zero-order chi connectivity index (χ0) is 21.1. The van der Waals surface area contributed by atoms with Crippen molar-refractivity contribution in [2.24, 2.45) is 0 Å². The molecule has 0 aliphatic carbocycles. The molecule has 0 aliphatic rings. The molecule has 0 bridgehead atoms. The van der Waals surface area contributed by atoms with Crippen LogP contribution in [0.2, 0.25) is 0 Å². The molecule has 0 aliphatic heterocycles. The molecule has 0 amide bonds. The van der Waals surface area contributed by atoms with E-state index < -0.39 is 40.1 Å². The first-order valence-corrected chi connectivity index (χ1v) is 8.79. The Kier molecular flexibility index (Phi) is 6.01. The summed E-state index contributed by atoms with van der Waals surface area (Å²) in [6.07, 6.45) is 2.29. The van der Waals surface area contributed by atoms with Crippen LogP contribution in [0.5, 0.6) is 5.75 Å². The average Bonchev–Trinajstić information content (AvgIpc) is 2.74. The summed E-state index contributed by atoms with van der Waals surface area (Å²) in [5.74, 6) is -6.66. The minimum atomic E-state index is -1.65. The van der Waals surface area contributed by atoms with E-state index in [9.17, 15) is 22.0 Å². The second-order valence-corrected chi connectivity index (χ2v) is 6.37. The number of benzene rings is 3. The fourth-order valence-electron chi connectivity index (χ4n) is 3.02. The van der Waals surface area contributed by atoms with Gasteiger partial charge in [-0.05, 0) is 54.1 Å². The zero-order valence-corrected chi connectivity index (χ0v) is 15.5. The summed E-state index contributed by atoms with van der Waals surface area (Å²) in [6.45, 7) is 3.54. The van der Waals surface area contributed by atoms with Crippen LogP contribution in [-0.4, -0.2) is 7.11 Å². The molecule has 0 unspecified atom stereocenters. The van der Waals surface area contributed by atoms with E-state index in [0.717, 1.165) is 6.07 Å². The summed E-state index contributed by atoms with van der Waals surface area (Å²) in [6, 6.07) is 8.94. The number of allylic oxidation sites excluding steroid dienone is 1. The molecule has 0 atom stereocenters. The Balaban J connectivity index is 2.14. The average molecular weight is 404 g/mol. The van der Waals surface area contributed by atoms with Crippen molar-refractivity contribution in [1.82, 2.24) is 0 Å². The highest BCUT2D eigenvalue weighted by atomic mass is 19.2. The van der Waals surface area contributed by atoms with Gasteiger partial charge in [-0.1, -0.05) is 18.2 Å². The molecular weight excluding hydrogens is 387 g/mol. The van der Waals surface area contributed by atoms with Crippen molar-refractivity contribution >= 4 is 22.4 Å². The van der Waals surface area contributed by atoms with E-state index in [1.54, 1.807) is 6.08 Å². The predicted octanol–water partition coefficient (Wildman–Crippen LogP) is 7.15. The molecule has 0 radical (unpaired) electrons. The van der Waals surface area contributed by atoms with Crippen molar-refractivity contribution < 1.29 is 26.7 Å². The van der Waals surface area contributed by atoms with Crippen LogP contribution in [0.4, 0.5) is 22.0 Å². The number of halogens is 5. The van der Waals surface area contributed by atoms with Crippen molar-refractivity contribution in [2.45, 2.75) is 12.8 Å². The van der Waals surface area contributed by atoms with Crippen LogP contribution >= 0.6 is 0 Å². The number of hydrogen-bond acceptors (Lipinski definition) is 1. The summed E-state index contributed by atoms with van der Waals surface area (Å²) < 4.78 is 77.9. The molecule has 0 saturated heterocycles. The molecule has 0 aromatic heterocycles. The van der Waals surface area contributed by atoms with Gasteiger partial charge in [0.2, 0.25) is 0 Å². The quantitative estimate of drug-likeness (QED) is 0.241. The molecule has 3 aromatic rings. The van der Waals surface area contributed by atoms with Crippen LogP contribution < -0.4 is 4.74 Å². The van der Waals surface area contributed by atoms with E-state index in [2.05, 4.69) is 6.58 Å². The fraction of sp³-hybridized carbons (Fsp3) is 0.130. The number of ether oxygens (including phenoxy) is 1. The number of aryl methyl sites for hydroxylation is 1. The highest BCUT2D eigenvalue weighted by Crippen LogP contribution is 2.36. The molecule has 0 N–H and O–H groups in total. The Bertz CT molecular complexity index is 1100. The molecule has 3 rings (SSSR count). The Labute approximate surface area is 164 Å². The number of fused-ring (bicyclic) bond motifs is 1. The molecule has 1 nitrogen and oxygen atoms in total. The van der Waals surface area contributed by atoms with Crippen LogP contribution in [-0.2, 0) is 6.42 Å². The van der Waals surface area contributed by atoms with Gasteiger partial charge in [-0.2, -0.15) is 0 Å². The van der Waals surface area contributed by atoms with Gasteiger partial charge in [0.25, 0.3) is 0 Å². The van der Waals surface area contributed by atoms with E-state index in [4.69, 9.17) is 4.74 Å². The van der Waals surface area contributed by atoms with Gasteiger partial charge in [-0.15, -0.1) is 6.58 Å². The predicted molar refractivity (Wildman–Crippen MR) is 104 cm³/mol. The van der Waals surface area contributed by atoms with E-state index in [-0.39, 0.29) is 22.9 Å². The van der Waals surface area contributed by atoms with Crippen LogP contribution in [0, 0.1) is 17.5 Å². The third kappa shape index (κ3) is 3.88. The molecule has 0 fully saturated rings. The zero-order valence-electron chi connectivity index (χ0n) is 15.5. The van der Waals surface area contributed by atoms with Gasteiger partial charge >= 0.3 is 0 Å². The van der Waals surface area contributed by atoms with Gasteiger partial charge in [-0.25, -0.2) is 22.0 Å². The lowest BCUT2D eigenvalue weighted by molar-refractivity contribution is 0.414. The number of hydrogen-bond donors (Lipinski definition) is 0. The van der Waals surface area contributed by atoms with Gasteiger partial charge in [-0.3, -0.25) is 0 Å². The highest BCUT2D eigenvalue weighted by molar-refractivity contribution is 5.91. The second kappa shape index (κ2) is 8.47. The molecule has 29 heavy (non-hydrogen) atoms. The SMILES string of the molecule is C=CCCc1ccc2cc(C(F)=C(F)c3ccc(OC)cc3)c(F)c(F)c2c1F. The maximum absolute atomic E-state index is 14.7. The molecule has 6 heteroatoms. The number of methoxy groups -OCH3 is 1. The topological polar surface area (TPSA) is 9.23 Å². The monoisotopic (exact) mass is 404 g/mol. The smallest absolute Gasteiger partial charge is 0.170 e. The maximum Gasteiger partial charge on any atom is 0.170 e. The van der Waals surface area contributed by atoms with Crippen molar-refractivity contribution in [2.75, 3.05) is 7.11 Å². The Morgan fingerprint density at radius 1 is 0.931 bits per heavy atom. The first kappa shape index (κ1) is 20.6. The van der Waals surface area contributed by atoms with Crippen molar-refractivity contribution in [1.29, 1.82) is 0 Å². The van der Waals surface area contributed by atoms with Crippen molar-refractivity contribution in [3.8, 4) is 5.75 Å². The van der Waals surface area contributed by atoms with Crippen LogP contribution in [0.25, 0.3) is 22.4 Å². The normalized spacial score (nSPS) is 12.1. The van der Waals surface area contributed by atoms with E-state index in [1.807, 2.05) is 0 Å². The summed E-state index contributed by atoms with van der Waals surface area (Å²) in [7, 11) is 1.41. The summed E-state index contributed by atoms with van der Waals surface area (Å²) >= 11 is 0. The van der Waals surface area contributed by atoms with Crippen LogP contribution in [0.1, 0.15) is 23.1 Å². The lowest BCUT2D eigenvalue weighted by Crippen LogP contribution is -2.00. The van der Waals surface area contributed by atoms with Crippen molar-refractivity contribution in [3.63, 3.8) is 0 Å². The van der Waals surface area contributed by atoms with Crippen LogP contribution in [0.15, 0.2) is 55.1 Å². The lowest BCUT2D eigenvalue weighted by Gasteiger charge is -2.11. The third-order valence-corrected chi connectivity index (χ3v) is 4.59. The molecule has 0 heterocycles. The molecule has 0 saturated carbocycles. The summed E-state index contributed by atoms with van der Waals surface area (Å²) in [5, 5.41) is -0.665. The van der Waals surface area contributed by atoms with Gasteiger partial charge in [0.15, 0.2) is 23.3 Å². The van der Waals surface area contributed by atoms with Crippen LogP contribution in [0.3, 0.4) is 0 Å². The van der Waals surface area contributed by atoms with Gasteiger partial charge in [0, 0.05) is 5.56 Å². The Morgan fingerprint density at radius 2 is 1.62 bits per heavy atom. The first-order chi connectivity index (χ1) is 13.9. The largest absolute Gasteiger partial charge is 0.497 e. The van der Waals surface area contributed by atoms with E-state index >= 15 is 0 Å².